The van der Waals surface area contributed by atoms with Gasteiger partial charge in [-0.15, -0.1) is 0 Å². The predicted octanol–water partition coefficient (Wildman–Crippen LogP) is 5.45. The van der Waals surface area contributed by atoms with E-state index in [1.54, 1.807) is 10.9 Å². The molecule has 2 fully saturated rings. The minimum Gasteiger partial charge on any atom is -0.494 e. The fraction of sp³-hybridized carbons (Fsp3) is 0.552. The Morgan fingerprint density at radius 1 is 1.02 bits per heavy atom. The van der Waals surface area contributed by atoms with Gasteiger partial charge in [0.25, 0.3) is 11.8 Å². The van der Waals surface area contributed by atoms with Crippen LogP contribution in [0.5, 0.6) is 5.75 Å². The molecule has 2 saturated carbocycles. The highest BCUT2D eigenvalue weighted by Crippen LogP contribution is 2.48. The summed E-state index contributed by atoms with van der Waals surface area (Å²) in [4.78, 5) is 26.6. The van der Waals surface area contributed by atoms with E-state index >= 15 is 0 Å². The largest absolute Gasteiger partial charge is 0.494 e. The molecule has 1 unspecified atom stereocenters. The summed E-state index contributed by atoms with van der Waals surface area (Å²) in [6.07, 6.45) is -5.93. The first kappa shape index (κ1) is 32.8. The van der Waals surface area contributed by atoms with E-state index in [9.17, 15) is 44.3 Å². The quantitative estimate of drug-likeness (QED) is 0.177. The predicted molar refractivity (Wildman–Crippen MR) is 149 cm³/mol. The van der Waals surface area contributed by atoms with E-state index in [2.05, 4.69) is 5.10 Å². The SMILES string of the molecule is O=C1NC(c2ccc(OCCCCCC(F)(F)F)cc2)(C(F)(F)F)CC(c2ccn(C3CCC3)n2)=C1C(=O)NS(=O)(=O)C1CC1. The number of hydrogen-bond donors (Lipinski definition) is 2. The Bertz CT molecular complexity index is 1560. The van der Waals surface area contributed by atoms with Gasteiger partial charge in [0.2, 0.25) is 10.0 Å². The maximum atomic E-state index is 15.0. The molecule has 2 aromatic rings. The van der Waals surface area contributed by atoms with Crippen molar-refractivity contribution in [1.29, 1.82) is 0 Å². The Labute approximate surface area is 255 Å². The van der Waals surface area contributed by atoms with Crippen LogP contribution in [-0.2, 0) is 25.2 Å². The van der Waals surface area contributed by atoms with Gasteiger partial charge in [0.15, 0.2) is 5.54 Å². The van der Waals surface area contributed by atoms with Gasteiger partial charge in [0.1, 0.15) is 11.3 Å². The van der Waals surface area contributed by atoms with Gasteiger partial charge in [-0.2, -0.15) is 31.4 Å². The zero-order chi connectivity index (χ0) is 32.6. The van der Waals surface area contributed by atoms with Crippen molar-refractivity contribution in [1.82, 2.24) is 19.8 Å². The van der Waals surface area contributed by atoms with Crippen molar-refractivity contribution < 1.29 is 49.1 Å². The van der Waals surface area contributed by atoms with Crippen molar-refractivity contribution >= 4 is 27.4 Å². The van der Waals surface area contributed by atoms with E-state index in [4.69, 9.17) is 4.74 Å². The van der Waals surface area contributed by atoms with E-state index in [0.29, 0.717) is 19.3 Å². The smallest absolute Gasteiger partial charge is 0.416 e. The first-order valence-electron chi connectivity index (χ1n) is 14.6. The lowest BCUT2D eigenvalue weighted by Crippen LogP contribution is -2.60. The number of carbonyl (C=O) groups is 2. The van der Waals surface area contributed by atoms with E-state index < -0.39 is 63.4 Å². The molecule has 0 bridgehead atoms. The number of rotatable bonds is 12. The monoisotopic (exact) mass is 662 g/mol. The van der Waals surface area contributed by atoms with Crippen LogP contribution in [0.2, 0.25) is 0 Å². The molecule has 2 aliphatic carbocycles. The topological polar surface area (TPSA) is 119 Å². The number of nitrogens with one attached hydrogen (secondary N) is 2. The number of benzene rings is 1. The molecule has 2 heterocycles. The van der Waals surface area contributed by atoms with Gasteiger partial charge in [0, 0.05) is 24.6 Å². The van der Waals surface area contributed by atoms with Crippen LogP contribution in [0.25, 0.3) is 5.57 Å². The van der Waals surface area contributed by atoms with Crippen molar-refractivity contribution in [3.05, 3.63) is 53.4 Å². The summed E-state index contributed by atoms with van der Waals surface area (Å²) < 4.78 is 116. The highest BCUT2D eigenvalue weighted by molar-refractivity contribution is 7.91. The van der Waals surface area contributed by atoms with E-state index in [1.165, 1.54) is 18.2 Å². The number of halogens is 6. The number of hydrogen-bond acceptors (Lipinski definition) is 6. The Morgan fingerprint density at radius 3 is 2.29 bits per heavy atom. The van der Waals surface area contributed by atoms with Gasteiger partial charge < -0.3 is 10.1 Å². The molecule has 1 atom stereocenters. The van der Waals surface area contributed by atoms with Crippen molar-refractivity contribution in [2.75, 3.05) is 6.61 Å². The standard InChI is InChI=1S/C29H32F6N4O5S/c30-28(31,32)14-2-1-3-16-44-20-9-7-18(8-10-20)27(29(33,34)35)17-22(23-13-15-39(37-23)19-5-4-6-19)24(25(40)36-27)26(41)38-45(42,43)21-11-12-21/h7-10,13,15,19,21H,1-6,11-12,14,16-17H2,(H,36,40)(H,38,41). The molecule has 5 rings (SSSR count). The third kappa shape index (κ3) is 7.31. The highest BCUT2D eigenvalue weighted by Gasteiger charge is 2.60. The molecule has 2 amide bonds. The number of alkyl halides is 6. The van der Waals surface area contributed by atoms with Crippen molar-refractivity contribution in [2.45, 2.75) is 93.4 Å². The molecule has 45 heavy (non-hydrogen) atoms. The van der Waals surface area contributed by atoms with Crippen LogP contribution in [0.4, 0.5) is 26.3 Å². The maximum absolute atomic E-state index is 15.0. The lowest BCUT2D eigenvalue weighted by Gasteiger charge is -2.41. The molecule has 246 valence electrons. The summed E-state index contributed by atoms with van der Waals surface area (Å²) in [7, 11) is -4.13. The summed E-state index contributed by atoms with van der Waals surface area (Å²) in [6, 6.07) is 6.16. The molecule has 3 aliphatic rings. The first-order chi connectivity index (χ1) is 21.1. The van der Waals surface area contributed by atoms with Crippen LogP contribution in [0.15, 0.2) is 42.1 Å². The minimum atomic E-state index is -5.08. The summed E-state index contributed by atoms with van der Waals surface area (Å²) >= 11 is 0. The summed E-state index contributed by atoms with van der Waals surface area (Å²) in [6.45, 7) is 0.0527. The Balaban J connectivity index is 1.43. The van der Waals surface area contributed by atoms with Gasteiger partial charge >= 0.3 is 12.4 Å². The molecule has 1 aliphatic heterocycles. The summed E-state index contributed by atoms with van der Waals surface area (Å²) in [5.74, 6) is -2.56. The van der Waals surface area contributed by atoms with Crippen LogP contribution < -0.4 is 14.8 Å². The Morgan fingerprint density at radius 2 is 1.71 bits per heavy atom. The van der Waals surface area contributed by atoms with Crippen molar-refractivity contribution in [2.24, 2.45) is 0 Å². The lowest BCUT2D eigenvalue weighted by molar-refractivity contribution is -0.202. The zero-order valence-electron chi connectivity index (χ0n) is 24.0. The Hall–Kier alpha value is -3.56. The molecule has 9 nitrogen and oxygen atoms in total. The van der Waals surface area contributed by atoms with Gasteiger partial charge in [-0.3, -0.25) is 14.3 Å². The number of amides is 2. The van der Waals surface area contributed by atoms with Gasteiger partial charge in [0.05, 0.1) is 23.6 Å². The first-order valence-corrected chi connectivity index (χ1v) is 16.2. The number of nitrogens with zero attached hydrogens (tertiary/aromatic N) is 2. The van der Waals surface area contributed by atoms with Crippen molar-refractivity contribution in [3.63, 3.8) is 0 Å². The number of unbranched alkanes of at least 4 members (excludes halogenated alkanes) is 2. The molecule has 1 aromatic heterocycles. The molecular weight excluding hydrogens is 630 g/mol. The van der Waals surface area contributed by atoms with Gasteiger partial charge in [-0.1, -0.05) is 12.1 Å². The van der Waals surface area contributed by atoms with Gasteiger partial charge in [-0.05, 0) is 75.1 Å². The van der Waals surface area contributed by atoms with Crippen LogP contribution in [0.3, 0.4) is 0 Å². The molecule has 0 spiro atoms. The molecule has 0 radical (unpaired) electrons. The molecule has 16 heteroatoms. The third-order valence-corrected chi connectivity index (χ3v) is 10.1. The van der Waals surface area contributed by atoms with Gasteiger partial charge in [-0.25, -0.2) is 13.1 Å². The number of aromatic nitrogens is 2. The van der Waals surface area contributed by atoms with E-state index in [1.807, 2.05) is 10.0 Å². The maximum Gasteiger partial charge on any atom is 0.416 e. The van der Waals surface area contributed by atoms with Crippen molar-refractivity contribution in [3.8, 4) is 5.75 Å². The second-order valence-corrected chi connectivity index (χ2v) is 13.6. The van der Waals surface area contributed by atoms with E-state index in [-0.39, 0.29) is 48.1 Å². The molecular formula is C29H32F6N4O5S. The lowest BCUT2D eigenvalue weighted by atomic mass is 9.77. The average Bonchev–Trinajstić information content (AvgIpc) is 3.68. The minimum absolute atomic E-state index is 0.0221. The van der Waals surface area contributed by atoms with Crippen LogP contribution >= 0.6 is 0 Å². The van der Waals surface area contributed by atoms with Crippen LogP contribution in [0, 0.1) is 0 Å². The molecule has 1 aromatic carbocycles. The van der Waals surface area contributed by atoms with Crippen LogP contribution in [0.1, 0.15) is 81.5 Å². The van der Waals surface area contributed by atoms with E-state index in [0.717, 1.165) is 31.4 Å². The molecule has 0 saturated heterocycles. The highest BCUT2D eigenvalue weighted by atomic mass is 32.2. The average molecular weight is 663 g/mol. The second-order valence-electron chi connectivity index (χ2n) is 11.6. The fourth-order valence-corrected chi connectivity index (χ4v) is 6.67. The number of sulfonamides is 1. The number of carbonyl (C=O) groups excluding carboxylic acids is 2. The normalized spacial score (nSPS) is 21.3. The summed E-state index contributed by atoms with van der Waals surface area (Å²) in [5, 5.41) is 5.53. The second kappa shape index (κ2) is 12.3. The summed E-state index contributed by atoms with van der Waals surface area (Å²) in [5.41, 5.74) is -4.54. The third-order valence-electron chi connectivity index (χ3n) is 8.29. The zero-order valence-corrected chi connectivity index (χ0v) is 24.8. The van der Waals surface area contributed by atoms with Crippen LogP contribution in [-0.4, -0.2) is 54.2 Å². The molecule has 2 N–H and O–H groups in total. The Kier molecular flexibility index (Phi) is 8.99. The fourth-order valence-electron chi connectivity index (χ4n) is 5.38. The number of ether oxygens (including phenoxy) is 1.